The first-order valence-electron chi connectivity index (χ1n) is 7.31. The number of carbonyl (C=O) groups excluding carboxylic acids is 1. The predicted octanol–water partition coefficient (Wildman–Crippen LogP) is 3.82. The molecule has 0 bridgehead atoms. The summed E-state index contributed by atoms with van der Waals surface area (Å²) in [5, 5.41) is 3.95. The van der Waals surface area contributed by atoms with Gasteiger partial charge >= 0.3 is 0 Å². The minimum absolute atomic E-state index is 0.00209. The molecule has 0 saturated carbocycles. The number of furan rings is 1. The molecule has 0 atom stereocenters. The number of fused-ring (bicyclic) bond motifs is 1. The van der Waals surface area contributed by atoms with E-state index in [9.17, 15) is 4.79 Å². The second-order valence-corrected chi connectivity index (χ2v) is 7.70. The van der Waals surface area contributed by atoms with Crippen LogP contribution < -0.4 is 5.32 Å². The number of carbonyl (C=O) groups is 1. The van der Waals surface area contributed by atoms with Crippen LogP contribution in [0.1, 0.15) is 30.0 Å². The van der Waals surface area contributed by atoms with Gasteiger partial charge in [0.2, 0.25) is 0 Å². The van der Waals surface area contributed by atoms with Gasteiger partial charge in [-0.15, -0.1) is 0 Å². The van der Waals surface area contributed by atoms with Gasteiger partial charge in [0.1, 0.15) is 5.58 Å². The SMILES string of the molecule is Cc1c(C(=O)NCC(C)(C)CN(C)C)oc2ccc(Br)cc12. The Morgan fingerprint density at radius 1 is 1.36 bits per heavy atom. The normalized spacial score (nSPS) is 12.1. The number of hydrogen-bond donors (Lipinski definition) is 1. The van der Waals surface area contributed by atoms with Gasteiger partial charge in [-0.2, -0.15) is 0 Å². The number of hydrogen-bond acceptors (Lipinski definition) is 3. The summed E-state index contributed by atoms with van der Waals surface area (Å²) in [6, 6.07) is 5.76. The van der Waals surface area contributed by atoms with E-state index in [4.69, 9.17) is 4.42 Å². The topological polar surface area (TPSA) is 45.5 Å². The van der Waals surface area contributed by atoms with Crippen LogP contribution in [0, 0.1) is 12.3 Å². The molecular formula is C17H23BrN2O2. The van der Waals surface area contributed by atoms with Crippen LogP contribution in [0.3, 0.4) is 0 Å². The van der Waals surface area contributed by atoms with Gasteiger partial charge in [0.05, 0.1) is 0 Å². The van der Waals surface area contributed by atoms with Crippen molar-refractivity contribution in [3.8, 4) is 0 Å². The van der Waals surface area contributed by atoms with E-state index >= 15 is 0 Å². The second-order valence-electron chi connectivity index (χ2n) is 6.78. The standard InChI is InChI=1S/C17H23BrN2O2/c1-11-13-8-12(18)6-7-14(13)22-15(11)16(21)19-9-17(2,3)10-20(4)5/h6-8H,9-10H2,1-5H3,(H,19,21). The van der Waals surface area contributed by atoms with Gasteiger partial charge < -0.3 is 14.6 Å². The molecule has 1 aromatic carbocycles. The largest absolute Gasteiger partial charge is 0.451 e. The van der Waals surface area contributed by atoms with Crippen LogP contribution in [0.15, 0.2) is 27.1 Å². The molecule has 120 valence electrons. The smallest absolute Gasteiger partial charge is 0.287 e. The number of aryl methyl sites for hydroxylation is 1. The molecule has 0 fully saturated rings. The quantitative estimate of drug-likeness (QED) is 0.874. The molecule has 1 aromatic heterocycles. The van der Waals surface area contributed by atoms with E-state index in [1.54, 1.807) is 0 Å². The average molecular weight is 367 g/mol. The van der Waals surface area contributed by atoms with E-state index in [1.165, 1.54) is 0 Å². The zero-order valence-electron chi connectivity index (χ0n) is 13.8. The fourth-order valence-corrected chi connectivity index (χ4v) is 3.08. The van der Waals surface area contributed by atoms with Crippen molar-refractivity contribution < 1.29 is 9.21 Å². The Labute approximate surface area is 140 Å². The zero-order chi connectivity index (χ0) is 16.5. The molecular weight excluding hydrogens is 344 g/mol. The van der Waals surface area contributed by atoms with Gasteiger partial charge in [0.15, 0.2) is 5.76 Å². The molecule has 0 radical (unpaired) electrons. The van der Waals surface area contributed by atoms with Gasteiger partial charge in [-0.3, -0.25) is 4.79 Å². The molecule has 0 aliphatic carbocycles. The van der Waals surface area contributed by atoms with E-state index in [1.807, 2.05) is 39.2 Å². The van der Waals surface area contributed by atoms with E-state index in [0.29, 0.717) is 12.3 Å². The van der Waals surface area contributed by atoms with Crippen molar-refractivity contribution in [3.63, 3.8) is 0 Å². The van der Waals surface area contributed by atoms with Crippen LogP contribution in [0.25, 0.3) is 11.0 Å². The second kappa shape index (κ2) is 6.42. The van der Waals surface area contributed by atoms with Crippen LogP contribution in [-0.4, -0.2) is 38.0 Å². The molecule has 1 amide bonds. The van der Waals surface area contributed by atoms with Crippen LogP contribution in [0.2, 0.25) is 0 Å². The van der Waals surface area contributed by atoms with E-state index < -0.39 is 0 Å². The molecule has 0 aliphatic rings. The molecule has 0 aliphatic heterocycles. The lowest BCUT2D eigenvalue weighted by Gasteiger charge is -2.28. The van der Waals surface area contributed by atoms with Gasteiger partial charge in [-0.05, 0) is 44.6 Å². The molecule has 4 nitrogen and oxygen atoms in total. The van der Waals surface area contributed by atoms with Crippen molar-refractivity contribution in [1.82, 2.24) is 10.2 Å². The molecule has 2 rings (SSSR count). The summed E-state index contributed by atoms with van der Waals surface area (Å²) in [4.78, 5) is 14.5. The van der Waals surface area contributed by atoms with Crippen LogP contribution >= 0.6 is 15.9 Å². The Hall–Kier alpha value is -1.33. The summed E-state index contributed by atoms with van der Waals surface area (Å²) in [6.07, 6.45) is 0. The van der Waals surface area contributed by atoms with Crippen molar-refractivity contribution in [2.75, 3.05) is 27.2 Å². The highest BCUT2D eigenvalue weighted by Crippen LogP contribution is 2.28. The number of nitrogens with one attached hydrogen (secondary N) is 1. The monoisotopic (exact) mass is 366 g/mol. The van der Waals surface area contributed by atoms with Gasteiger partial charge in [0, 0.05) is 28.5 Å². The van der Waals surface area contributed by atoms with Crippen LogP contribution in [-0.2, 0) is 0 Å². The summed E-state index contributed by atoms with van der Waals surface area (Å²) < 4.78 is 6.69. The zero-order valence-corrected chi connectivity index (χ0v) is 15.4. The highest BCUT2D eigenvalue weighted by molar-refractivity contribution is 9.10. The van der Waals surface area contributed by atoms with Crippen molar-refractivity contribution in [2.24, 2.45) is 5.41 Å². The lowest BCUT2D eigenvalue weighted by Crippen LogP contribution is -2.40. The van der Waals surface area contributed by atoms with Crippen LogP contribution in [0.4, 0.5) is 0 Å². The molecule has 22 heavy (non-hydrogen) atoms. The number of halogens is 1. The fourth-order valence-electron chi connectivity index (χ4n) is 2.72. The number of rotatable bonds is 5. The molecule has 2 aromatic rings. The predicted molar refractivity (Wildman–Crippen MR) is 93.3 cm³/mol. The van der Waals surface area contributed by atoms with Crippen molar-refractivity contribution in [1.29, 1.82) is 0 Å². The molecule has 1 heterocycles. The Kier molecular flexibility index (Phi) is 4.97. The first-order valence-corrected chi connectivity index (χ1v) is 8.10. The minimum atomic E-state index is -0.156. The summed E-state index contributed by atoms with van der Waals surface area (Å²) in [7, 11) is 4.07. The number of nitrogens with zero attached hydrogens (tertiary/aromatic N) is 1. The summed E-state index contributed by atoms with van der Waals surface area (Å²) >= 11 is 3.45. The van der Waals surface area contributed by atoms with E-state index in [-0.39, 0.29) is 11.3 Å². The summed E-state index contributed by atoms with van der Waals surface area (Å²) in [6.45, 7) is 7.69. The van der Waals surface area contributed by atoms with Gasteiger partial charge in [-0.1, -0.05) is 29.8 Å². The van der Waals surface area contributed by atoms with Crippen LogP contribution in [0.5, 0.6) is 0 Å². The first kappa shape index (κ1) is 17.0. The fraction of sp³-hybridized carbons (Fsp3) is 0.471. The lowest BCUT2D eigenvalue weighted by molar-refractivity contribution is 0.0902. The van der Waals surface area contributed by atoms with Gasteiger partial charge in [-0.25, -0.2) is 0 Å². The molecule has 5 heteroatoms. The third-order valence-corrected chi connectivity index (χ3v) is 4.07. The molecule has 1 N–H and O–H groups in total. The minimum Gasteiger partial charge on any atom is -0.451 e. The Morgan fingerprint density at radius 2 is 2.05 bits per heavy atom. The Morgan fingerprint density at radius 3 is 2.68 bits per heavy atom. The number of amides is 1. The first-order chi connectivity index (χ1) is 10.2. The average Bonchev–Trinajstić information content (AvgIpc) is 2.72. The summed E-state index contributed by atoms with van der Waals surface area (Å²) in [5.74, 6) is 0.241. The van der Waals surface area contributed by atoms with Crippen molar-refractivity contribution in [3.05, 3.63) is 34.0 Å². The molecule has 0 unspecified atom stereocenters. The third kappa shape index (κ3) is 3.90. The maximum Gasteiger partial charge on any atom is 0.287 e. The highest BCUT2D eigenvalue weighted by atomic mass is 79.9. The Balaban J connectivity index is 2.15. The van der Waals surface area contributed by atoms with E-state index in [0.717, 1.165) is 27.6 Å². The Bertz CT molecular complexity index is 689. The maximum atomic E-state index is 12.4. The summed E-state index contributed by atoms with van der Waals surface area (Å²) in [5.41, 5.74) is 1.61. The maximum absolute atomic E-state index is 12.4. The molecule has 0 spiro atoms. The van der Waals surface area contributed by atoms with Crippen molar-refractivity contribution >= 4 is 32.8 Å². The highest BCUT2D eigenvalue weighted by Gasteiger charge is 2.23. The number of benzene rings is 1. The van der Waals surface area contributed by atoms with Crippen molar-refractivity contribution in [2.45, 2.75) is 20.8 Å². The lowest BCUT2D eigenvalue weighted by atomic mass is 9.93. The third-order valence-electron chi connectivity index (χ3n) is 3.58. The molecule has 0 saturated heterocycles. The van der Waals surface area contributed by atoms with Gasteiger partial charge in [0.25, 0.3) is 5.91 Å². The van der Waals surface area contributed by atoms with E-state index in [2.05, 4.69) is 40.0 Å².